The van der Waals surface area contributed by atoms with E-state index in [9.17, 15) is 8.42 Å². The van der Waals surface area contributed by atoms with Gasteiger partial charge in [-0.25, -0.2) is 13.1 Å². The van der Waals surface area contributed by atoms with Gasteiger partial charge < -0.3 is 5.73 Å². The second-order valence-corrected chi connectivity index (χ2v) is 5.96. The fraction of sp³-hybridized carbons (Fsp3) is 0.125. The first-order chi connectivity index (χ1) is 8.38. The smallest absolute Gasteiger partial charge is 0.277 e. The molecule has 2 rings (SSSR count). The molecule has 0 amide bonds. The van der Waals surface area contributed by atoms with Crippen molar-refractivity contribution in [2.45, 2.75) is 4.90 Å². The highest BCUT2D eigenvalue weighted by Gasteiger charge is 2.20. The Morgan fingerprint density at radius 3 is 2.78 bits per heavy atom. The second-order valence-electron chi connectivity index (χ2n) is 3.39. The molecule has 0 unspecified atom stereocenters. The minimum atomic E-state index is -3.84. The summed E-state index contributed by atoms with van der Waals surface area (Å²) in [6.07, 6.45) is 0. The molecule has 18 heavy (non-hydrogen) atoms. The minimum absolute atomic E-state index is 0.0515. The van der Waals surface area contributed by atoms with Gasteiger partial charge in [-0.2, -0.15) is 4.80 Å². The summed E-state index contributed by atoms with van der Waals surface area (Å²) in [5.74, 6) is -0.114. The lowest BCUT2D eigenvalue weighted by Gasteiger charge is -2.07. The number of nitrogens with two attached hydrogens (primary N) is 1. The van der Waals surface area contributed by atoms with Gasteiger partial charge in [0.25, 0.3) is 16.0 Å². The van der Waals surface area contributed by atoms with Crippen LogP contribution < -0.4 is 10.5 Å². The third-order valence-corrected chi connectivity index (χ3v) is 3.88. The van der Waals surface area contributed by atoms with Crippen LogP contribution in [0.25, 0.3) is 0 Å². The van der Waals surface area contributed by atoms with Gasteiger partial charge in [0.2, 0.25) is 0 Å². The van der Waals surface area contributed by atoms with Crippen molar-refractivity contribution in [3.8, 4) is 0 Å². The normalized spacial score (nSPS) is 11.4. The predicted molar refractivity (Wildman–Crippen MR) is 68.2 cm³/mol. The van der Waals surface area contributed by atoms with E-state index in [1.807, 2.05) is 0 Å². The molecule has 0 aliphatic heterocycles. The average molecular weight is 333 g/mol. The molecule has 1 aromatic carbocycles. The summed E-state index contributed by atoms with van der Waals surface area (Å²) in [6.45, 7) is 0. The Kier molecular flexibility index (Phi) is 3.22. The van der Waals surface area contributed by atoms with Crippen LogP contribution in [0.3, 0.4) is 0 Å². The molecule has 0 saturated carbocycles. The molecule has 0 aliphatic rings. The number of nitrogens with one attached hydrogen (secondary N) is 1. The zero-order valence-corrected chi connectivity index (χ0v) is 11.6. The summed E-state index contributed by atoms with van der Waals surface area (Å²) in [4.78, 5) is 1.09. The van der Waals surface area contributed by atoms with Crippen LogP contribution >= 0.6 is 15.9 Å². The van der Waals surface area contributed by atoms with Gasteiger partial charge in [-0.3, -0.25) is 0 Å². The van der Waals surface area contributed by atoms with Crippen LogP contribution in [-0.4, -0.2) is 28.6 Å². The Labute approximate surface area is 111 Å². The van der Waals surface area contributed by atoms with E-state index in [4.69, 9.17) is 5.73 Å². The summed E-state index contributed by atoms with van der Waals surface area (Å²) in [6, 6.07) is 4.53. The van der Waals surface area contributed by atoms with Crippen molar-refractivity contribution >= 4 is 37.6 Å². The Hall–Kier alpha value is -1.68. The number of sulfonamides is 1. The van der Waals surface area contributed by atoms with Gasteiger partial charge in [-0.15, -0.1) is 5.10 Å². The molecule has 96 valence electrons. The van der Waals surface area contributed by atoms with Gasteiger partial charge in [-0.05, 0) is 23.4 Å². The topological polar surface area (TPSA) is 116 Å². The molecule has 0 radical (unpaired) electrons. The molecule has 1 heterocycles. The van der Waals surface area contributed by atoms with Crippen LogP contribution in [-0.2, 0) is 17.1 Å². The van der Waals surface area contributed by atoms with Crippen molar-refractivity contribution in [2.24, 2.45) is 7.05 Å². The van der Waals surface area contributed by atoms with Gasteiger partial charge in [0, 0.05) is 4.47 Å². The Morgan fingerprint density at radius 2 is 2.17 bits per heavy atom. The van der Waals surface area contributed by atoms with E-state index >= 15 is 0 Å². The molecule has 10 heteroatoms. The lowest BCUT2D eigenvalue weighted by atomic mass is 10.3. The number of rotatable bonds is 3. The minimum Gasteiger partial charge on any atom is -0.398 e. The molecule has 0 spiro atoms. The van der Waals surface area contributed by atoms with E-state index in [1.54, 1.807) is 6.07 Å². The molecule has 0 aliphatic carbocycles. The van der Waals surface area contributed by atoms with Gasteiger partial charge in [0.05, 0.1) is 12.7 Å². The Balaban J connectivity index is 2.39. The molecule has 8 nitrogen and oxygen atoms in total. The maximum absolute atomic E-state index is 12.1. The molecule has 0 fully saturated rings. The summed E-state index contributed by atoms with van der Waals surface area (Å²) < 4.78 is 26.9. The quantitative estimate of drug-likeness (QED) is 0.783. The van der Waals surface area contributed by atoms with Crippen LogP contribution in [0.2, 0.25) is 0 Å². The number of aryl methyl sites for hydroxylation is 1. The zero-order valence-electron chi connectivity index (χ0n) is 9.20. The number of aromatic nitrogens is 4. The van der Waals surface area contributed by atoms with Crippen molar-refractivity contribution in [3.05, 3.63) is 22.7 Å². The largest absolute Gasteiger partial charge is 0.398 e. The highest BCUT2D eigenvalue weighted by atomic mass is 79.9. The van der Waals surface area contributed by atoms with E-state index in [0.29, 0.717) is 4.47 Å². The fourth-order valence-corrected chi connectivity index (χ4v) is 2.85. The number of nitrogens with zero attached hydrogens (tertiary/aromatic N) is 4. The molecule has 0 saturated heterocycles. The van der Waals surface area contributed by atoms with Gasteiger partial charge in [-0.1, -0.05) is 21.0 Å². The molecule has 3 N–H and O–H groups in total. The molecule has 1 aromatic heterocycles. The van der Waals surface area contributed by atoms with E-state index in [2.05, 4.69) is 36.1 Å². The first kappa shape index (κ1) is 12.8. The van der Waals surface area contributed by atoms with Crippen LogP contribution in [0.4, 0.5) is 11.6 Å². The number of hydrogen-bond donors (Lipinski definition) is 2. The monoisotopic (exact) mass is 332 g/mol. The first-order valence-corrected chi connectivity index (χ1v) is 6.98. The maximum atomic E-state index is 12.1. The number of hydrogen-bond acceptors (Lipinski definition) is 6. The van der Waals surface area contributed by atoms with E-state index in [0.717, 1.165) is 4.80 Å². The highest BCUT2D eigenvalue weighted by molar-refractivity contribution is 9.10. The van der Waals surface area contributed by atoms with E-state index < -0.39 is 10.0 Å². The van der Waals surface area contributed by atoms with Gasteiger partial charge in [0.1, 0.15) is 4.90 Å². The highest BCUT2D eigenvalue weighted by Crippen LogP contribution is 2.24. The average Bonchev–Trinajstić information content (AvgIpc) is 2.66. The molecule has 0 atom stereocenters. The Bertz CT molecular complexity index is 683. The summed E-state index contributed by atoms with van der Waals surface area (Å²) >= 11 is 3.18. The van der Waals surface area contributed by atoms with Crippen molar-refractivity contribution in [1.29, 1.82) is 0 Å². The second kappa shape index (κ2) is 4.53. The van der Waals surface area contributed by atoms with Crippen molar-refractivity contribution < 1.29 is 8.42 Å². The standard InChI is InChI=1S/C8H9BrN6O2S/c1-15-12-8(11-14-15)13-18(16,17)7-4-5(9)2-3-6(7)10/h2-4H,10H2,1H3,(H,12,13). The van der Waals surface area contributed by atoms with E-state index in [1.165, 1.54) is 19.2 Å². The lowest BCUT2D eigenvalue weighted by Crippen LogP contribution is -2.16. The van der Waals surface area contributed by atoms with Crippen molar-refractivity contribution in [1.82, 2.24) is 20.2 Å². The number of halogens is 1. The van der Waals surface area contributed by atoms with E-state index in [-0.39, 0.29) is 16.5 Å². The predicted octanol–water partition coefficient (Wildman–Crippen LogP) is 0.356. The maximum Gasteiger partial charge on any atom is 0.277 e. The molecular formula is C8H9BrN6O2S. The SMILES string of the molecule is Cn1nnc(NS(=O)(=O)c2cc(Br)ccc2N)n1. The molecule has 0 bridgehead atoms. The number of tetrazole rings is 1. The lowest BCUT2D eigenvalue weighted by molar-refractivity contribution is 0.601. The zero-order chi connectivity index (χ0) is 13.3. The molecule has 2 aromatic rings. The summed E-state index contributed by atoms with van der Waals surface area (Å²) in [5.41, 5.74) is 5.77. The number of anilines is 2. The first-order valence-electron chi connectivity index (χ1n) is 4.70. The number of nitrogen functional groups attached to an aromatic ring is 1. The van der Waals surface area contributed by atoms with Crippen LogP contribution in [0.1, 0.15) is 0 Å². The number of benzene rings is 1. The van der Waals surface area contributed by atoms with Crippen LogP contribution in [0.15, 0.2) is 27.6 Å². The Morgan fingerprint density at radius 1 is 1.44 bits per heavy atom. The molecular weight excluding hydrogens is 324 g/mol. The van der Waals surface area contributed by atoms with Crippen LogP contribution in [0, 0.1) is 0 Å². The summed E-state index contributed by atoms with van der Waals surface area (Å²) in [5, 5.41) is 10.8. The fourth-order valence-electron chi connectivity index (χ4n) is 1.24. The third-order valence-electron chi connectivity index (χ3n) is 2.00. The van der Waals surface area contributed by atoms with Crippen LogP contribution in [0.5, 0.6) is 0 Å². The van der Waals surface area contributed by atoms with Crippen molar-refractivity contribution in [3.63, 3.8) is 0 Å². The summed E-state index contributed by atoms with van der Waals surface area (Å²) in [7, 11) is -2.31. The van der Waals surface area contributed by atoms with Crippen molar-refractivity contribution in [2.75, 3.05) is 10.5 Å². The van der Waals surface area contributed by atoms with Gasteiger partial charge in [0.15, 0.2) is 0 Å². The van der Waals surface area contributed by atoms with Gasteiger partial charge >= 0.3 is 0 Å². The third kappa shape index (κ3) is 2.59.